The topological polar surface area (TPSA) is 61.4 Å². The van der Waals surface area contributed by atoms with Gasteiger partial charge < -0.3 is 15.7 Å². The Morgan fingerprint density at radius 3 is 2.79 bits per heavy atom. The van der Waals surface area contributed by atoms with Crippen molar-refractivity contribution in [3.8, 4) is 0 Å². The molecule has 2 amide bonds. The second kappa shape index (κ2) is 5.88. The molecule has 0 atom stereocenters. The lowest BCUT2D eigenvalue weighted by Crippen LogP contribution is -2.39. The van der Waals surface area contributed by atoms with Crippen molar-refractivity contribution >= 4 is 22.0 Å². The molecule has 0 spiro atoms. The number of hydrogen-bond donors (Lipinski definition) is 3. The number of amides is 2. The minimum absolute atomic E-state index is 0.0908. The van der Waals surface area contributed by atoms with Crippen LogP contribution < -0.4 is 10.6 Å². The van der Waals surface area contributed by atoms with Crippen molar-refractivity contribution < 1.29 is 14.3 Å². The molecule has 0 unspecified atom stereocenters. The maximum atomic E-state index is 13.4. The van der Waals surface area contributed by atoms with Gasteiger partial charge in [0, 0.05) is 28.5 Å². The Morgan fingerprint density at radius 1 is 1.42 bits per heavy atom. The molecule has 1 aromatic carbocycles. The number of nitrogens with one attached hydrogen (secondary N) is 2. The summed E-state index contributed by atoms with van der Waals surface area (Å²) in [5.41, 5.74) is 0.297. The van der Waals surface area contributed by atoms with Crippen molar-refractivity contribution in [1.29, 1.82) is 0 Å². The highest BCUT2D eigenvalue weighted by Gasteiger charge is 2.42. The maximum Gasteiger partial charge on any atom is 0.315 e. The van der Waals surface area contributed by atoms with Gasteiger partial charge in [-0.1, -0.05) is 15.9 Å². The summed E-state index contributed by atoms with van der Waals surface area (Å²) < 4.78 is 14.2. The fourth-order valence-electron chi connectivity index (χ4n) is 1.75. The van der Waals surface area contributed by atoms with Crippen molar-refractivity contribution in [2.75, 3.05) is 13.2 Å². The van der Waals surface area contributed by atoms with Crippen molar-refractivity contribution in [2.45, 2.75) is 19.4 Å². The Kier molecular flexibility index (Phi) is 4.42. The molecule has 0 bridgehead atoms. The van der Waals surface area contributed by atoms with Gasteiger partial charge in [0.25, 0.3) is 0 Å². The number of carbonyl (C=O) groups excluding carboxylic acids is 1. The van der Waals surface area contributed by atoms with Crippen molar-refractivity contribution in [2.24, 2.45) is 5.41 Å². The van der Waals surface area contributed by atoms with Crippen LogP contribution in [0.15, 0.2) is 22.7 Å². The Labute approximate surface area is 119 Å². The molecule has 1 aliphatic carbocycles. The zero-order valence-electron chi connectivity index (χ0n) is 10.4. The summed E-state index contributed by atoms with van der Waals surface area (Å²) in [4.78, 5) is 11.6. The summed E-state index contributed by atoms with van der Waals surface area (Å²) in [6.45, 7) is 0.674. The van der Waals surface area contributed by atoms with Crippen LogP contribution in [0.5, 0.6) is 0 Å². The van der Waals surface area contributed by atoms with E-state index in [9.17, 15) is 9.18 Å². The Hall–Kier alpha value is -1.14. The molecule has 1 aromatic rings. The largest absolute Gasteiger partial charge is 0.396 e. The van der Waals surface area contributed by atoms with E-state index in [1.807, 2.05) is 0 Å². The molecule has 4 nitrogen and oxygen atoms in total. The second-order valence-corrected chi connectivity index (χ2v) is 5.85. The van der Waals surface area contributed by atoms with Gasteiger partial charge in [0.15, 0.2) is 0 Å². The highest BCUT2D eigenvalue weighted by molar-refractivity contribution is 9.10. The zero-order chi connectivity index (χ0) is 13.9. The van der Waals surface area contributed by atoms with Gasteiger partial charge in [-0.3, -0.25) is 0 Å². The third-order valence-corrected chi connectivity index (χ3v) is 3.86. The summed E-state index contributed by atoms with van der Waals surface area (Å²) in [5.74, 6) is -0.350. The Morgan fingerprint density at radius 2 is 2.16 bits per heavy atom. The molecule has 0 radical (unpaired) electrons. The lowest BCUT2D eigenvalue weighted by molar-refractivity contribution is 0.203. The fraction of sp³-hybridized carbons (Fsp3) is 0.462. The molecule has 19 heavy (non-hydrogen) atoms. The first kappa shape index (κ1) is 14.3. The van der Waals surface area contributed by atoms with E-state index in [0.717, 1.165) is 17.3 Å². The number of carbonyl (C=O) groups is 1. The van der Waals surface area contributed by atoms with E-state index >= 15 is 0 Å². The fourth-order valence-corrected chi connectivity index (χ4v) is 2.16. The minimum Gasteiger partial charge on any atom is -0.396 e. The summed E-state index contributed by atoms with van der Waals surface area (Å²) in [6.07, 6.45) is 1.87. The van der Waals surface area contributed by atoms with Gasteiger partial charge in [-0.05, 0) is 31.0 Å². The first-order valence-corrected chi connectivity index (χ1v) is 6.90. The number of benzene rings is 1. The molecule has 0 aromatic heterocycles. The van der Waals surface area contributed by atoms with Crippen LogP contribution in [0.2, 0.25) is 0 Å². The molecular formula is C13H16BrFN2O2. The molecule has 0 saturated heterocycles. The quantitative estimate of drug-likeness (QED) is 0.774. The van der Waals surface area contributed by atoms with Gasteiger partial charge in [0.05, 0.1) is 6.61 Å². The van der Waals surface area contributed by atoms with Gasteiger partial charge in [0.2, 0.25) is 0 Å². The van der Waals surface area contributed by atoms with Gasteiger partial charge >= 0.3 is 6.03 Å². The first-order chi connectivity index (χ1) is 9.04. The van der Waals surface area contributed by atoms with E-state index in [2.05, 4.69) is 26.6 Å². The predicted octanol–water partition coefficient (Wildman–Crippen LogP) is 2.16. The second-order valence-electron chi connectivity index (χ2n) is 4.93. The number of urea groups is 1. The van der Waals surface area contributed by atoms with Crippen LogP contribution in [0.3, 0.4) is 0 Å². The summed E-state index contributed by atoms with van der Waals surface area (Å²) in [5, 5.41) is 14.4. The molecule has 1 fully saturated rings. The predicted molar refractivity (Wildman–Crippen MR) is 73.1 cm³/mol. The highest BCUT2D eigenvalue weighted by Crippen LogP contribution is 2.44. The van der Waals surface area contributed by atoms with Crippen LogP contribution in [0.25, 0.3) is 0 Å². The minimum atomic E-state index is -0.350. The molecule has 104 valence electrons. The van der Waals surface area contributed by atoms with E-state index in [4.69, 9.17) is 5.11 Å². The van der Waals surface area contributed by atoms with E-state index in [0.29, 0.717) is 12.1 Å². The maximum absolute atomic E-state index is 13.4. The van der Waals surface area contributed by atoms with Gasteiger partial charge in [-0.25, -0.2) is 9.18 Å². The SMILES string of the molecule is O=C(NCc1cc(Br)ccc1F)NCC1(CO)CC1. The third-order valence-electron chi connectivity index (χ3n) is 3.36. The number of aliphatic hydroxyl groups is 1. The lowest BCUT2D eigenvalue weighted by atomic mass is 10.1. The number of halogens is 2. The van der Waals surface area contributed by atoms with Crippen LogP contribution in [0.4, 0.5) is 9.18 Å². The molecule has 0 heterocycles. The van der Waals surface area contributed by atoms with Crippen LogP contribution >= 0.6 is 15.9 Å². The first-order valence-electron chi connectivity index (χ1n) is 6.11. The number of rotatable bonds is 5. The van der Waals surface area contributed by atoms with Crippen molar-refractivity contribution in [1.82, 2.24) is 10.6 Å². The van der Waals surface area contributed by atoms with Gasteiger partial charge in [-0.15, -0.1) is 0 Å². The Bertz CT molecular complexity index is 478. The number of aliphatic hydroxyl groups excluding tert-OH is 1. The van der Waals surface area contributed by atoms with Crippen LogP contribution in [0, 0.1) is 11.2 Å². The summed E-state index contributed by atoms with van der Waals surface area (Å²) in [6, 6.07) is 4.24. The number of hydrogen-bond acceptors (Lipinski definition) is 2. The van der Waals surface area contributed by atoms with Crippen LogP contribution in [-0.2, 0) is 6.54 Å². The molecule has 3 N–H and O–H groups in total. The summed E-state index contributed by atoms with van der Waals surface area (Å²) in [7, 11) is 0. The van der Waals surface area contributed by atoms with Gasteiger partial charge in [0.1, 0.15) is 5.82 Å². The van der Waals surface area contributed by atoms with E-state index in [1.54, 1.807) is 12.1 Å². The molecule has 1 aliphatic rings. The van der Waals surface area contributed by atoms with E-state index < -0.39 is 0 Å². The summed E-state index contributed by atoms with van der Waals surface area (Å²) >= 11 is 3.25. The average molecular weight is 331 g/mol. The third kappa shape index (κ3) is 3.91. The van der Waals surface area contributed by atoms with E-state index in [-0.39, 0.29) is 30.4 Å². The Balaban J connectivity index is 1.78. The molecule has 1 saturated carbocycles. The zero-order valence-corrected chi connectivity index (χ0v) is 12.0. The molecule has 0 aliphatic heterocycles. The highest BCUT2D eigenvalue weighted by atomic mass is 79.9. The molecule has 6 heteroatoms. The van der Waals surface area contributed by atoms with Gasteiger partial charge in [-0.2, -0.15) is 0 Å². The molecular weight excluding hydrogens is 315 g/mol. The van der Waals surface area contributed by atoms with Crippen molar-refractivity contribution in [3.05, 3.63) is 34.1 Å². The normalized spacial score (nSPS) is 15.9. The van der Waals surface area contributed by atoms with Crippen LogP contribution in [0.1, 0.15) is 18.4 Å². The molecule has 2 rings (SSSR count). The van der Waals surface area contributed by atoms with Crippen LogP contribution in [-0.4, -0.2) is 24.3 Å². The average Bonchev–Trinajstić information content (AvgIpc) is 3.18. The van der Waals surface area contributed by atoms with E-state index in [1.165, 1.54) is 6.07 Å². The van der Waals surface area contributed by atoms with Crippen molar-refractivity contribution in [3.63, 3.8) is 0 Å². The monoisotopic (exact) mass is 330 g/mol. The smallest absolute Gasteiger partial charge is 0.315 e. The lowest BCUT2D eigenvalue weighted by Gasteiger charge is -2.13. The standard InChI is InChI=1S/C13H16BrFN2O2/c14-10-1-2-11(15)9(5-10)6-16-12(19)17-7-13(8-18)3-4-13/h1-2,5,18H,3-4,6-8H2,(H2,16,17,19).